The van der Waals surface area contributed by atoms with Crippen LogP contribution < -0.4 is 0 Å². The van der Waals surface area contributed by atoms with Crippen LogP contribution in [0.5, 0.6) is 0 Å². The van der Waals surface area contributed by atoms with Gasteiger partial charge in [-0.2, -0.15) is 0 Å². The van der Waals surface area contributed by atoms with Gasteiger partial charge >= 0.3 is 0 Å². The van der Waals surface area contributed by atoms with Crippen LogP contribution in [0.25, 0.3) is 11.0 Å². The number of rotatable bonds is 2. The van der Waals surface area contributed by atoms with Crippen molar-refractivity contribution in [2.45, 2.75) is 32.2 Å². The van der Waals surface area contributed by atoms with Crippen LogP contribution >= 0.6 is 11.6 Å². The number of nitrogens with zero attached hydrogens (tertiary/aromatic N) is 1. The first-order valence-corrected chi connectivity index (χ1v) is 7.10. The molecule has 1 aromatic heterocycles. The SMILES string of the molecule is Clc1cccc2cc(CN3CCCCCC3)oc12. The maximum absolute atomic E-state index is 6.13. The Labute approximate surface area is 113 Å². The molecule has 1 aromatic carbocycles. The summed E-state index contributed by atoms with van der Waals surface area (Å²) < 4.78 is 5.87. The van der Waals surface area contributed by atoms with Crippen molar-refractivity contribution in [2.75, 3.05) is 13.1 Å². The standard InChI is InChI=1S/C15H18ClNO/c16-14-7-5-6-12-10-13(18-15(12)14)11-17-8-3-1-2-4-9-17/h5-7,10H,1-4,8-9,11H2. The Kier molecular flexibility index (Phi) is 3.57. The summed E-state index contributed by atoms with van der Waals surface area (Å²) in [6, 6.07) is 8.02. The summed E-state index contributed by atoms with van der Waals surface area (Å²) in [7, 11) is 0. The van der Waals surface area contributed by atoms with Crippen molar-refractivity contribution in [3.63, 3.8) is 0 Å². The topological polar surface area (TPSA) is 16.4 Å². The molecule has 1 aliphatic heterocycles. The first kappa shape index (κ1) is 12.1. The third-order valence-electron chi connectivity index (χ3n) is 3.63. The van der Waals surface area contributed by atoms with Crippen LogP contribution in [0.1, 0.15) is 31.4 Å². The monoisotopic (exact) mass is 263 g/mol. The molecule has 0 bridgehead atoms. The average Bonchev–Trinajstić information content (AvgIpc) is 2.60. The molecule has 96 valence electrons. The van der Waals surface area contributed by atoms with E-state index < -0.39 is 0 Å². The van der Waals surface area contributed by atoms with Crippen LogP contribution in [-0.4, -0.2) is 18.0 Å². The van der Waals surface area contributed by atoms with E-state index in [1.54, 1.807) is 0 Å². The second kappa shape index (κ2) is 5.33. The van der Waals surface area contributed by atoms with Crippen molar-refractivity contribution in [1.29, 1.82) is 0 Å². The van der Waals surface area contributed by atoms with Crippen LogP contribution in [-0.2, 0) is 6.54 Å². The highest BCUT2D eigenvalue weighted by Gasteiger charge is 2.13. The third-order valence-corrected chi connectivity index (χ3v) is 3.92. The molecule has 0 N–H and O–H groups in total. The van der Waals surface area contributed by atoms with Crippen LogP contribution in [0.2, 0.25) is 5.02 Å². The van der Waals surface area contributed by atoms with Crippen molar-refractivity contribution in [1.82, 2.24) is 4.90 Å². The molecule has 1 fully saturated rings. The number of fused-ring (bicyclic) bond motifs is 1. The Hall–Kier alpha value is -0.990. The number of benzene rings is 1. The van der Waals surface area contributed by atoms with Gasteiger partial charge in [0, 0.05) is 5.39 Å². The smallest absolute Gasteiger partial charge is 0.152 e. The van der Waals surface area contributed by atoms with Crippen molar-refractivity contribution < 1.29 is 4.42 Å². The van der Waals surface area contributed by atoms with Gasteiger partial charge in [-0.1, -0.05) is 36.6 Å². The van der Waals surface area contributed by atoms with Gasteiger partial charge in [-0.05, 0) is 38.1 Å². The minimum atomic E-state index is 0.703. The van der Waals surface area contributed by atoms with Crippen molar-refractivity contribution >= 4 is 22.6 Å². The van der Waals surface area contributed by atoms with Gasteiger partial charge in [-0.25, -0.2) is 0 Å². The molecule has 1 saturated heterocycles. The van der Waals surface area contributed by atoms with Crippen molar-refractivity contribution in [3.8, 4) is 0 Å². The van der Waals surface area contributed by atoms with Crippen LogP contribution in [0.3, 0.4) is 0 Å². The van der Waals surface area contributed by atoms with E-state index in [4.69, 9.17) is 16.0 Å². The van der Waals surface area contributed by atoms with Gasteiger partial charge in [-0.15, -0.1) is 0 Å². The number of hydrogen-bond donors (Lipinski definition) is 0. The number of furan rings is 1. The molecule has 3 heteroatoms. The first-order valence-electron chi connectivity index (χ1n) is 6.72. The lowest BCUT2D eigenvalue weighted by atomic mass is 10.2. The zero-order valence-corrected chi connectivity index (χ0v) is 11.2. The van der Waals surface area contributed by atoms with Crippen LogP contribution in [0.15, 0.2) is 28.7 Å². The lowest BCUT2D eigenvalue weighted by molar-refractivity contribution is 0.256. The molecule has 1 aliphatic rings. The third kappa shape index (κ3) is 2.55. The molecule has 0 amide bonds. The van der Waals surface area contributed by atoms with Gasteiger partial charge < -0.3 is 4.42 Å². The largest absolute Gasteiger partial charge is 0.458 e. The van der Waals surface area contributed by atoms with E-state index in [0.717, 1.165) is 23.3 Å². The van der Waals surface area contributed by atoms with Gasteiger partial charge in [0.15, 0.2) is 5.58 Å². The van der Waals surface area contributed by atoms with E-state index in [-0.39, 0.29) is 0 Å². The highest BCUT2D eigenvalue weighted by atomic mass is 35.5. The predicted octanol–water partition coefficient (Wildman–Crippen LogP) is 4.46. The van der Waals surface area contributed by atoms with E-state index in [2.05, 4.69) is 17.0 Å². The van der Waals surface area contributed by atoms with Gasteiger partial charge in [0.2, 0.25) is 0 Å². The van der Waals surface area contributed by atoms with Crippen LogP contribution in [0.4, 0.5) is 0 Å². The Bertz CT molecular complexity index is 526. The predicted molar refractivity (Wildman–Crippen MR) is 75.0 cm³/mol. The molecule has 0 unspecified atom stereocenters. The van der Waals surface area contributed by atoms with E-state index in [1.807, 2.05) is 12.1 Å². The van der Waals surface area contributed by atoms with Crippen LogP contribution in [0, 0.1) is 0 Å². The fourth-order valence-corrected chi connectivity index (χ4v) is 2.89. The molecular formula is C15H18ClNO. The summed E-state index contributed by atoms with van der Waals surface area (Å²) in [6.07, 6.45) is 5.34. The molecule has 0 atom stereocenters. The Morgan fingerprint density at radius 2 is 1.89 bits per heavy atom. The van der Waals surface area contributed by atoms with E-state index in [1.165, 1.54) is 38.8 Å². The van der Waals surface area contributed by atoms with E-state index >= 15 is 0 Å². The summed E-state index contributed by atoms with van der Waals surface area (Å²) in [5.74, 6) is 1.03. The maximum atomic E-state index is 6.13. The zero-order valence-electron chi connectivity index (χ0n) is 10.5. The quantitative estimate of drug-likeness (QED) is 0.795. The molecule has 2 heterocycles. The highest BCUT2D eigenvalue weighted by molar-refractivity contribution is 6.34. The Morgan fingerprint density at radius 1 is 1.11 bits per heavy atom. The molecule has 0 aliphatic carbocycles. The average molecular weight is 264 g/mol. The van der Waals surface area contributed by atoms with Gasteiger partial charge in [0.25, 0.3) is 0 Å². The summed E-state index contributed by atoms with van der Waals surface area (Å²) in [4.78, 5) is 2.48. The Morgan fingerprint density at radius 3 is 2.61 bits per heavy atom. The molecule has 2 nitrogen and oxygen atoms in total. The van der Waals surface area contributed by atoms with Crippen molar-refractivity contribution in [3.05, 3.63) is 35.0 Å². The molecule has 0 saturated carbocycles. The molecule has 0 radical (unpaired) electrons. The Balaban J connectivity index is 1.79. The molecule has 18 heavy (non-hydrogen) atoms. The fraction of sp³-hybridized carbons (Fsp3) is 0.467. The fourth-order valence-electron chi connectivity index (χ4n) is 2.67. The molecule has 3 rings (SSSR count). The van der Waals surface area contributed by atoms with Crippen molar-refractivity contribution in [2.24, 2.45) is 0 Å². The van der Waals surface area contributed by atoms with Gasteiger partial charge in [0.05, 0.1) is 11.6 Å². The molecular weight excluding hydrogens is 246 g/mol. The first-order chi connectivity index (χ1) is 8.83. The van der Waals surface area contributed by atoms with Gasteiger partial charge in [0.1, 0.15) is 5.76 Å². The summed E-state index contributed by atoms with van der Waals surface area (Å²) in [6.45, 7) is 3.28. The number of likely N-dealkylation sites (tertiary alicyclic amines) is 1. The highest BCUT2D eigenvalue weighted by Crippen LogP contribution is 2.27. The lowest BCUT2D eigenvalue weighted by Gasteiger charge is -2.17. The number of hydrogen-bond acceptors (Lipinski definition) is 2. The summed E-state index contributed by atoms with van der Waals surface area (Å²) >= 11 is 6.13. The minimum absolute atomic E-state index is 0.703. The zero-order chi connectivity index (χ0) is 12.4. The lowest BCUT2D eigenvalue weighted by Crippen LogP contribution is -2.23. The van der Waals surface area contributed by atoms with Gasteiger partial charge in [-0.3, -0.25) is 4.90 Å². The van der Waals surface area contributed by atoms with E-state index in [9.17, 15) is 0 Å². The maximum Gasteiger partial charge on any atom is 0.152 e. The second-order valence-corrected chi connectivity index (χ2v) is 5.47. The molecule has 2 aromatic rings. The normalized spacial score (nSPS) is 18.1. The number of para-hydroxylation sites is 1. The van der Waals surface area contributed by atoms with E-state index in [0.29, 0.717) is 5.02 Å². The molecule has 0 spiro atoms. The minimum Gasteiger partial charge on any atom is -0.458 e. The number of halogens is 1. The second-order valence-electron chi connectivity index (χ2n) is 5.06. The summed E-state index contributed by atoms with van der Waals surface area (Å²) in [5, 5.41) is 1.81. The summed E-state index contributed by atoms with van der Waals surface area (Å²) in [5.41, 5.74) is 0.823.